The molecule has 1 unspecified atom stereocenters. The summed E-state index contributed by atoms with van der Waals surface area (Å²) >= 11 is 0. The fraction of sp³-hybridized carbons (Fsp3) is 0.429. The molecule has 0 bridgehead atoms. The SMILES string of the molecule is CN(C)CCc1noc(C(N)Cc2ccccc2)n1. The predicted molar refractivity (Wildman–Crippen MR) is 73.6 cm³/mol. The van der Waals surface area contributed by atoms with Crippen LogP contribution in [-0.2, 0) is 12.8 Å². The van der Waals surface area contributed by atoms with Crippen molar-refractivity contribution in [1.29, 1.82) is 0 Å². The summed E-state index contributed by atoms with van der Waals surface area (Å²) < 4.78 is 5.23. The molecule has 2 rings (SSSR count). The number of nitrogens with zero attached hydrogens (tertiary/aromatic N) is 3. The second kappa shape index (κ2) is 6.45. The van der Waals surface area contributed by atoms with E-state index in [4.69, 9.17) is 10.3 Å². The van der Waals surface area contributed by atoms with E-state index < -0.39 is 0 Å². The number of nitrogens with two attached hydrogens (primary N) is 1. The van der Waals surface area contributed by atoms with E-state index in [2.05, 4.69) is 15.0 Å². The van der Waals surface area contributed by atoms with Crippen molar-refractivity contribution in [3.8, 4) is 0 Å². The van der Waals surface area contributed by atoms with Crippen LogP contribution in [0.25, 0.3) is 0 Å². The Balaban J connectivity index is 1.94. The van der Waals surface area contributed by atoms with Gasteiger partial charge >= 0.3 is 0 Å². The summed E-state index contributed by atoms with van der Waals surface area (Å²) in [6.07, 6.45) is 1.48. The van der Waals surface area contributed by atoms with Crippen LogP contribution in [0, 0.1) is 0 Å². The Bertz CT molecular complexity index is 495. The maximum atomic E-state index is 6.09. The fourth-order valence-electron chi connectivity index (χ4n) is 1.80. The van der Waals surface area contributed by atoms with E-state index in [0.717, 1.165) is 13.0 Å². The van der Waals surface area contributed by atoms with Gasteiger partial charge in [0.05, 0.1) is 6.04 Å². The average Bonchev–Trinajstić information content (AvgIpc) is 2.86. The molecule has 102 valence electrons. The highest BCUT2D eigenvalue weighted by Gasteiger charge is 2.15. The minimum atomic E-state index is -0.247. The smallest absolute Gasteiger partial charge is 0.243 e. The van der Waals surface area contributed by atoms with Crippen molar-refractivity contribution in [3.05, 3.63) is 47.6 Å². The van der Waals surface area contributed by atoms with Crippen molar-refractivity contribution in [2.75, 3.05) is 20.6 Å². The first kappa shape index (κ1) is 13.7. The second-order valence-corrected chi connectivity index (χ2v) is 4.90. The van der Waals surface area contributed by atoms with Crippen LogP contribution in [0.3, 0.4) is 0 Å². The molecule has 1 atom stereocenters. The van der Waals surface area contributed by atoms with Crippen LogP contribution in [0.5, 0.6) is 0 Å². The van der Waals surface area contributed by atoms with Gasteiger partial charge in [0.1, 0.15) is 0 Å². The molecule has 2 aromatic rings. The highest BCUT2D eigenvalue weighted by Crippen LogP contribution is 2.14. The molecule has 5 nitrogen and oxygen atoms in total. The molecular weight excluding hydrogens is 240 g/mol. The number of hydrogen-bond acceptors (Lipinski definition) is 5. The van der Waals surface area contributed by atoms with Gasteiger partial charge in [0.15, 0.2) is 5.82 Å². The van der Waals surface area contributed by atoms with Crippen molar-refractivity contribution in [1.82, 2.24) is 15.0 Å². The van der Waals surface area contributed by atoms with E-state index >= 15 is 0 Å². The Labute approximate surface area is 113 Å². The lowest BCUT2D eigenvalue weighted by Gasteiger charge is -2.06. The van der Waals surface area contributed by atoms with Crippen LogP contribution in [0.2, 0.25) is 0 Å². The lowest BCUT2D eigenvalue weighted by Crippen LogP contribution is -2.16. The molecule has 1 aromatic carbocycles. The standard InChI is InChI=1S/C14H20N4O/c1-18(2)9-8-13-16-14(19-17-13)12(15)10-11-6-4-3-5-7-11/h3-7,12H,8-10,15H2,1-2H3. The van der Waals surface area contributed by atoms with Gasteiger partial charge in [0, 0.05) is 13.0 Å². The van der Waals surface area contributed by atoms with Gasteiger partial charge in [-0.25, -0.2) is 0 Å². The van der Waals surface area contributed by atoms with Crippen molar-refractivity contribution < 1.29 is 4.52 Å². The topological polar surface area (TPSA) is 68.2 Å². The first-order valence-corrected chi connectivity index (χ1v) is 6.42. The molecule has 1 heterocycles. The Morgan fingerprint density at radius 2 is 2.00 bits per heavy atom. The highest BCUT2D eigenvalue weighted by molar-refractivity contribution is 5.16. The van der Waals surface area contributed by atoms with Crippen LogP contribution in [0.15, 0.2) is 34.9 Å². The summed E-state index contributed by atoms with van der Waals surface area (Å²) in [5, 5.41) is 3.96. The van der Waals surface area contributed by atoms with Gasteiger partial charge in [-0.05, 0) is 26.1 Å². The quantitative estimate of drug-likeness (QED) is 0.850. The van der Waals surface area contributed by atoms with E-state index in [-0.39, 0.29) is 6.04 Å². The zero-order chi connectivity index (χ0) is 13.7. The summed E-state index contributed by atoms with van der Waals surface area (Å²) in [7, 11) is 4.03. The van der Waals surface area contributed by atoms with Crippen molar-refractivity contribution in [2.24, 2.45) is 5.73 Å². The minimum absolute atomic E-state index is 0.247. The zero-order valence-corrected chi connectivity index (χ0v) is 11.4. The molecule has 0 aliphatic heterocycles. The Hall–Kier alpha value is -1.72. The summed E-state index contributed by atoms with van der Waals surface area (Å²) in [6.45, 7) is 0.896. The molecule has 0 fully saturated rings. The third-order valence-electron chi connectivity index (χ3n) is 2.88. The molecule has 0 saturated carbocycles. The molecule has 2 N–H and O–H groups in total. The lowest BCUT2D eigenvalue weighted by atomic mass is 10.1. The van der Waals surface area contributed by atoms with Gasteiger partial charge in [-0.1, -0.05) is 35.5 Å². The number of hydrogen-bond donors (Lipinski definition) is 1. The van der Waals surface area contributed by atoms with Crippen LogP contribution in [0.1, 0.15) is 23.3 Å². The summed E-state index contributed by atoms with van der Waals surface area (Å²) in [5.74, 6) is 1.23. The van der Waals surface area contributed by atoms with Crippen molar-refractivity contribution in [2.45, 2.75) is 18.9 Å². The van der Waals surface area contributed by atoms with Gasteiger partial charge in [0.2, 0.25) is 5.89 Å². The van der Waals surface area contributed by atoms with Crippen LogP contribution in [0.4, 0.5) is 0 Å². The molecule has 0 radical (unpaired) electrons. The minimum Gasteiger partial charge on any atom is -0.338 e. The van der Waals surface area contributed by atoms with E-state index in [0.29, 0.717) is 18.1 Å². The molecule has 0 amide bonds. The Morgan fingerprint density at radius 1 is 1.26 bits per heavy atom. The molecule has 5 heteroatoms. The second-order valence-electron chi connectivity index (χ2n) is 4.90. The maximum Gasteiger partial charge on any atom is 0.243 e. The van der Waals surface area contributed by atoms with E-state index in [1.54, 1.807) is 0 Å². The number of benzene rings is 1. The first-order chi connectivity index (χ1) is 9.15. The van der Waals surface area contributed by atoms with Crippen molar-refractivity contribution >= 4 is 0 Å². The van der Waals surface area contributed by atoms with E-state index in [1.165, 1.54) is 5.56 Å². The van der Waals surface area contributed by atoms with Crippen LogP contribution >= 0.6 is 0 Å². The number of likely N-dealkylation sites (N-methyl/N-ethyl adjacent to an activating group) is 1. The summed E-state index contributed by atoms with van der Waals surface area (Å²) in [6, 6.07) is 9.83. The molecule has 0 aliphatic carbocycles. The molecular formula is C14H20N4O. The molecule has 1 aromatic heterocycles. The van der Waals surface area contributed by atoms with E-state index in [9.17, 15) is 0 Å². The summed E-state index contributed by atoms with van der Waals surface area (Å²) in [4.78, 5) is 6.43. The molecule has 0 spiro atoms. The molecule has 19 heavy (non-hydrogen) atoms. The number of aromatic nitrogens is 2. The normalized spacial score (nSPS) is 12.8. The maximum absolute atomic E-state index is 6.09. The van der Waals surface area contributed by atoms with Crippen LogP contribution in [-0.4, -0.2) is 35.7 Å². The predicted octanol–water partition coefficient (Wildman–Crippen LogP) is 1.42. The number of rotatable bonds is 6. The highest BCUT2D eigenvalue weighted by atomic mass is 16.5. The summed E-state index contributed by atoms with van der Waals surface area (Å²) in [5.41, 5.74) is 7.26. The van der Waals surface area contributed by atoms with Gasteiger partial charge in [-0.3, -0.25) is 0 Å². The fourth-order valence-corrected chi connectivity index (χ4v) is 1.80. The van der Waals surface area contributed by atoms with Crippen molar-refractivity contribution in [3.63, 3.8) is 0 Å². The van der Waals surface area contributed by atoms with Gasteiger partial charge in [-0.2, -0.15) is 4.98 Å². The van der Waals surface area contributed by atoms with Gasteiger partial charge in [0.25, 0.3) is 0 Å². The first-order valence-electron chi connectivity index (χ1n) is 6.42. The lowest BCUT2D eigenvalue weighted by molar-refractivity contribution is 0.346. The largest absolute Gasteiger partial charge is 0.338 e. The van der Waals surface area contributed by atoms with Gasteiger partial charge in [-0.15, -0.1) is 0 Å². The third kappa shape index (κ3) is 4.15. The monoisotopic (exact) mass is 260 g/mol. The third-order valence-corrected chi connectivity index (χ3v) is 2.88. The Kier molecular flexibility index (Phi) is 4.65. The zero-order valence-electron chi connectivity index (χ0n) is 11.4. The average molecular weight is 260 g/mol. The van der Waals surface area contributed by atoms with E-state index in [1.807, 2.05) is 44.4 Å². The molecule has 0 saturated heterocycles. The van der Waals surface area contributed by atoms with Crippen LogP contribution < -0.4 is 5.73 Å². The molecule has 0 aliphatic rings. The van der Waals surface area contributed by atoms with Gasteiger partial charge < -0.3 is 15.2 Å². The Morgan fingerprint density at radius 3 is 2.68 bits per heavy atom.